The molecule has 0 radical (unpaired) electrons. The van der Waals surface area contributed by atoms with Gasteiger partial charge in [0.05, 0.1) is 5.69 Å². The third kappa shape index (κ3) is 9.74. The molecular weight excluding hydrogens is 1080 g/mol. The van der Waals surface area contributed by atoms with E-state index >= 15 is 0 Å². The fourth-order valence-corrected chi connectivity index (χ4v) is 15.2. The average Bonchev–Trinajstić information content (AvgIpc) is 1.11. The molecule has 1 aromatic heterocycles. The standard InChI is InChI=1S/C82H78BN3O.C2H6/c1-79(2,3)54-35-40-57(41-36-54)84(70-30-20-18-25-61(70)52-23-14-12-15-24-52)60-43-46-69-72(51-60)86(59-42-44-64-63-26-16-13-17-29-66(63)82(10,11)67(64)50-59)74-49-56(81(7,8)9)48-73-78(74)83(69)68-45-37-55(80(4,5)6)47-71(68)85(73)58-38-33-53(34-39-58)62-28-22-32-76-77(62)65-27-19-21-31-75(65)87-76;1-2/h12-16,18-21,23-28,30-31,33-51,66H,17,22,29,32H2,1-11H3;1-2H3. The molecule has 0 amide bonds. The van der Waals surface area contributed by atoms with Crippen molar-refractivity contribution in [3.05, 3.63) is 263 Å². The smallest absolute Gasteiger partial charge is 0.252 e. The Morgan fingerprint density at radius 1 is 0.528 bits per heavy atom. The zero-order valence-electron chi connectivity index (χ0n) is 54.5. The molecule has 10 aromatic rings. The van der Waals surface area contributed by atoms with Crippen LogP contribution in [0.3, 0.4) is 0 Å². The number of benzene rings is 9. The van der Waals surface area contributed by atoms with Crippen molar-refractivity contribution in [1.82, 2.24) is 0 Å². The highest BCUT2D eigenvalue weighted by molar-refractivity contribution is 7.00. The predicted molar refractivity (Wildman–Crippen MR) is 383 cm³/mol. The van der Waals surface area contributed by atoms with Crippen LogP contribution >= 0.6 is 0 Å². The summed E-state index contributed by atoms with van der Waals surface area (Å²) in [6.45, 7) is 30.0. The van der Waals surface area contributed by atoms with E-state index in [9.17, 15) is 0 Å². The van der Waals surface area contributed by atoms with Gasteiger partial charge in [-0.05, 0) is 192 Å². The molecule has 0 saturated carbocycles. The second kappa shape index (κ2) is 21.8. The summed E-state index contributed by atoms with van der Waals surface area (Å²) >= 11 is 0. The van der Waals surface area contributed by atoms with E-state index in [2.05, 4.69) is 309 Å². The van der Waals surface area contributed by atoms with E-state index in [0.717, 1.165) is 59.8 Å². The third-order valence-corrected chi connectivity index (χ3v) is 19.9. The number of para-hydroxylation sites is 2. The van der Waals surface area contributed by atoms with E-state index in [1.807, 2.05) is 13.8 Å². The Morgan fingerprint density at radius 3 is 1.85 bits per heavy atom. The number of hydrogen-bond donors (Lipinski definition) is 0. The Hall–Kier alpha value is -8.80. The van der Waals surface area contributed by atoms with Gasteiger partial charge < -0.3 is 19.1 Å². The second-order valence-electron chi connectivity index (χ2n) is 28.8. The molecule has 0 fully saturated rings. The van der Waals surface area contributed by atoms with E-state index < -0.39 is 0 Å². The molecule has 2 aliphatic heterocycles. The van der Waals surface area contributed by atoms with E-state index in [0.29, 0.717) is 5.92 Å². The van der Waals surface area contributed by atoms with Crippen LogP contribution in [0.2, 0.25) is 0 Å². The van der Waals surface area contributed by atoms with Crippen LogP contribution in [0.1, 0.15) is 154 Å². The molecule has 3 aliphatic carbocycles. The number of furan rings is 1. The van der Waals surface area contributed by atoms with Crippen molar-refractivity contribution in [1.29, 1.82) is 0 Å². The van der Waals surface area contributed by atoms with Crippen LogP contribution in [0.5, 0.6) is 0 Å². The Kier molecular flexibility index (Phi) is 14.2. The molecule has 1 atom stereocenters. The zero-order chi connectivity index (χ0) is 61.9. The summed E-state index contributed by atoms with van der Waals surface area (Å²) in [7, 11) is 0. The molecule has 5 heteroatoms. The minimum atomic E-state index is -0.193. The van der Waals surface area contributed by atoms with Crippen molar-refractivity contribution in [2.45, 2.75) is 137 Å². The maximum atomic E-state index is 6.51. The van der Waals surface area contributed by atoms with Crippen molar-refractivity contribution < 1.29 is 4.42 Å². The lowest BCUT2D eigenvalue weighted by atomic mass is 9.33. The van der Waals surface area contributed by atoms with Gasteiger partial charge in [-0.1, -0.05) is 230 Å². The number of allylic oxidation sites excluding steroid dienone is 5. The lowest BCUT2D eigenvalue weighted by Crippen LogP contribution is -2.61. The summed E-state index contributed by atoms with van der Waals surface area (Å²) in [5.74, 6) is 1.52. The van der Waals surface area contributed by atoms with Gasteiger partial charge in [0.1, 0.15) is 11.3 Å². The Morgan fingerprint density at radius 2 is 1.13 bits per heavy atom. The van der Waals surface area contributed by atoms with E-state index in [1.54, 1.807) is 0 Å². The molecule has 0 N–H and O–H groups in total. The lowest BCUT2D eigenvalue weighted by molar-refractivity contribution is 0.394. The summed E-state index contributed by atoms with van der Waals surface area (Å²) in [6.07, 6.45) is 13.6. The summed E-state index contributed by atoms with van der Waals surface area (Å²) < 4.78 is 6.51. The van der Waals surface area contributed by atoms with Gasteiger partial charge in [0.2, 0.25) is 0 Å². The normalized spacial score (nSPS) is 16.2. The number of aryl methyl sites for hydroxylation is 1. The van der Waals surface area contributed by atoms with Crippen LogP contribution in [-0.2, 0) is 28.1 Å². The van der Waals surface area contributed by atoms with Gasteiger partial charge in [-0.25, -0.2) is 0 Å². The van der Waals surface area contributed by atoms with Gasteiger partial charge in [-0.15, -0.1) is 0 Å². The molecule has 15 rings (SSSR count). The lowest BCUT2D eigenvalue weighted by Gasteiger charge is -2.46. The van der Waals surface area contributed by atoms with Crippen molar-refractivity contribution in [3.63, 3.8) is 0 Å². The molecule has 1 unspecified atom stereocenters. The van der Waals surface area contributed by atoms with Crippen LogP contribution in [0, 0.1) is 5.92 Å². The van der Waals surface area contributed by atoms with Gasteiger partial charge >= 0.3 is 0 Å². The quantitative estimate of drug-likeness (QED) is 0.148. The maximum Gasteiger partial charge on any atom is 0.252 e. The Balaban J connectivity index is 0.00000343. The molecule has 9 aromatic carbocycles. The molecule has 0 bridgehead atoms. The first-order chi connectivity index (χ1) is 42.8. The third-order valence-electron chi connectivity index (χ3n) is 19.9. The van der Waals surface area contributed by atoms with Crippen LogP contribution in [0.4, 0.5) is 51.2 Å². The number of hydrogen-bond acceptors (Lipinski definition) is 4. The minimum absolute atomic E-state index is 0.00111. The second-order valence-corrected chi connectivity index (χ2v) is 28.8. The van der Waals surface area contributed by atoms with E-state index in [1.165, 1.54) is 111 Å². The molecule has 4 nitrogen and oxygen atoms in total. The molecule has 5 aliphatic rings. The zero-order valence-corrected chi connectivity index (χ0v) is 54.5. The molecule has 89 heavy (non-hydrogen) atoms. The highest BCUT2D eigenvalue weighted by atomic mass is 16.3. The first-order valence-corrected chi connectivity index (χ1v) is 32.8. The van der Waals surface area contributed by atoms with Gasteiger partial charge in [-0.2, -0.15) is 0 Å². The topological polar surface area (TPSA) is 22.9 Å². The van der Waals surface area contributed by atoms with Crippen molar-refractivity contribution in [2.75, 3.05) is 14.7 Å². The largest absolute Gasteiger partial charge is 0.460 e. The predicted octanol–water partition coefficient (Wildman–Crippen LogP) is 21.6. The number of nitrogens with zero attached hydrogens (tertiary/aromatic N) is 3. The van der Waals surface area contributed by atoms with Crippen LogP contribution < -0.4 is 31.1 Å². The van der Waals surface area contributed by atoms with E-state index in [4.69, 9.17) is 4.42 Å². The fourth-order valence-electron chi connectivity index (χ4n) is 15.2. The van der Waals surface area contributed by atoms with Crippen molar-refractivity contribution in [3.8, 4) is 11.1 Å². The van der Waals surface area contributed by atoms with Crippen LogP contribution in [0.25, 0.3) is 33.2 Å². The van der Waals surface area contributed by atoms with Crippen molar-refractivity contribution in [2.24, 2.45) is 5.92 Å². The molecule has 444 valence electrons. The first kappa shape index (κ1) is 57.9. The number of fused-ring (bicyclic) bond motifs is 10. The average molecular weight is 1160 g/mol. The molecule has 0 spiro atoms. The van der Waals surface area contributed by atoms with Gasteiger partial charge in [-0.3, -0.25) is 0 Å². The Labute approximate surface area is 530 Å². The summed E-state index contributed by atoms with van der Waals surface area (Å²) in [5.41, 5.74) is 29.3. The summed E-state index contributed by atoms with van der Waals surface area (Å²) in [5, 5.41) is 1.19. The Bertz CT molecular complexity index is 4490. The highest BCUT2D eigenvalue weighted by Crippen LogP contribution is 2.56. The SMILES string of the molecule is CC.CC(C)(C)c1ccc(N(c2ccc3c(c2)N(c2ccc4c(c2)C(C)(C)C2CCC=CC=C42)c2cc(C(C)(C)C)cc4c2B3c2ccc(C(C)(C)C)cc2N4c2ccc(C3=CCCc4oc5ccccc5c43)cc2)c2ccccc2-c2ccccc2)cc1. The van der Waals surface area contributed by atoms with Crippen molar-refractivity contribution >= 4 is 96.4 Å². The maximum absolute atomic E-state index is 6.51. The number of rotatable bonds is 7. The summed E-state index contributed by atoms with van der Waals surface area (Å²) in [6, 6.07) is 74.6. The van der Waals surface area contributed by atoms with E-state index in [-0.39, 0.29) is 28.4 Å². The minimum Gasteiger partial charge on any atom is -0.460 e. The molecule has 0 saturated heterocycles. The number of anilines is 9. The van der Waals surface area contributed by atoms with Gasteiger partial charge in [0.15, 0.2) is 0 Å². The molecule has 3 heterocycles. The van der Waals surface area contributed by atoms with Crippen LogP contribution in [-0.4, -0.2) is 6.71 Å². The van der Waals surface area contributed by atoms with Crippen LogP contribution in [0.15, 0.2) is 223 Å². The fraction of sp³-hybridized carbons (Fsp3) is 0.262. The van der Waals surface area contributed by atoms with Gasteiger partial charge in [0, 0.05) is 68.4 Å². The monoisotopic (exact) mass is 1160 g/mol. The summed E-state index contributed by atoms with van der Waals surface area (Å²) in [4.78, 5) is 7.80. The van der Waals surface area contributed by atoms with Gasteiger partial charge in [0.25, 0.3) is 6.71 Å². The first-order valence-electron chi connectivity index (χ1n) is 32.8. The highest BCUT2D eigenvalue weighted by Gasteiger charge is 2.47. The molecular formula is C84H84BN3O.